The van der Waals surface area contributed by atoms with E-state index in [-0.39, 0.29) is 11.9 Å². The van der Waals surface area contributed by atoms with Crippen LogP contribution in [0.25, 0.3) is 11.0 Å². The Labute approximate surface area is 134 Å². The van der Waals surface area contributed by atoms with Crippen LogP contribution < -0.4 is 5.32 Å². The first-order chi connectivity index (χ1) is 11.0. The number of benzene rings is 1. The van der Waals surface area contributed by atoms with E-state index < -0.39 is 0 Å². The molecule has 3 rings (SSSR count). The van der Waals surface area contributed by atoms with Crippen molar-refractivity contribution in [1.82, 2.24) is 9.88 Å². The molecule has 3 aromatic rings. The summed E-state index contributed by atoms with van der Waals surface area (Å²) in [6.45, 7) is 2.01. The fourth-order valence-electron chi connectivity index (χ4n) is 2.37. The number of hydrogen-bond acceptors (Lipinski definition) is 4. The molecule has 5 heteroatoms. The van der Waals surface area contributed by atoms with Crippen LogP contribution in [0, 0.1) is 0 Å². The van der Waals surface area contributed by atoms with E-state index in [1.54, 1.807) is 32.4 Å². The van der Waals surface area contributed by atoms with Gasteiger partial charge in [0.05, 0.1) is 11.6 Å². The minimum Gasteiger partial charge on any atom is -0.459 e. The lowest BCUT2D eigenvalue weighted by Gasteiger charge is -2.13. The fourth-order valence-corrected chi connectivity index (χ4v) is 2.37. The van der Waals surface area contributed by atoms with Crippen LogP contribution in [0.2, 0.25) is 0 Å². The van der Waals surface area contributed by atoms with Gasteiger partial charge in [0.25, 0.3) is 5.91 Å². The van der Waals surface area contributed by atoms with Crippen LogP contribution in [0.5, 0.6) is 0 Å². The highest BCUT2D eigenvalue weighted by molar-refractivity contribution is 5.93. The Kier molecular flexibility index (Phi) is 4.02. The maximum atomic E-state index is 11.8. The Bertz CT molecular complexity index is 789. The van der Waals surface area contributed by atoms with Crippen molar-refractivity contribution in [3.63, 3.8) is 0 Å². The van der Waals surface area contributed by atoms with Crippen LogP contribution in [0.4, 0.5) is 5.82 Å². The number of para-hydroxylation sites is 1. The van der Waals surface area contributed by atoms with Gasteiger partial charge in [0.1, 0.15) is 17.2 Å². The van der Waals surface area contributed by atoms with Gasteiger partial charge in [0.15, 0.2) is 0 Å². The lowest BCUT2D eigenvalue weighted by molar-refractivity contribution is 0.0827. The molecule has 118 valence electrons. The number of aromatic nitrogens is 1. The predicted molar refractivity (Wildman–Crippen MR) is 90.5 cm³/mol. The Hall–Kier alpha value is -2.82. The quantitative estimate of drug-likeness (QED) is 0.798. The molecular weight excluding hydrogens is 290 g/mol. The molecule has 1 atom stereocenters. The third-order valence-corrected chi connectivity index (χ3v) is 3.65. The van der Waals surface area contributed by atoms with E-state index in [4.69, 9.17) is 4.42 Å². The summed E-state index contributed by atoms with van der Waals surface area (Å²) in [5.74, 6) is 1.49. The summed E-state index contributed by atoms with van der Waals surface area (Å²) < 4.78 is 5.84. The highest BCUT2D eigenvalue weighted by Gasteiger charge is 2.13. The zero-order valence-electron chi connectivity index (χ0n) is 13.4. The summed E-state index contributed by atoms with van der Waals surface area (Å²) in [6, 6.07) is 13.5. The van der Waals surface area contributed by atoms with E-state index in [0.29, 0.717) is 11.4 Å². The first-order valence-electron chi connectivity index (χ1n) is 7.47. The molecule has 0 fully saturated rings. The zero-order chi connectivity index (χ0) is 16.4. The average Bonchev–Trinajstić information content (AvgIpc) is 2.99. The molecule has 5 nitrogen and oxygen atoms in total. The second-order valence-corrected chi connectivity index (χ2v) is 5.68. The number of rotatable bonds is 4. The zero-order valence-corrected chi connectivity index (χ0v) is 13.4. The molecule has 1 N–H and O–H groups in total. The van der Waals surface area contributed by atoms with Crippen molar-refractivity contribution < 1.29 is 9.21 Å². The molecule has 0 radical (unpaired) electrons. The van der Waals surface area contributed by atoms with Gasteiger partial charge < -0.3 is 14.6 Å². The topological polar surface area (TPSA) is 58.4 Å². The van der Waals surface area contributed by atoms with Gasteiger partial charge in [0, 0.05) is 25.7 Å². The van der Waals surface area contributed by atoms with Crippen LogP contribution in [0.1, 0.15) is 29.1 Å². The number of carbonyl (C=O) groups excluding carboxylic acids is 1. The van der Waals surface area contributed by atoms with Crippen LogP contribution >= 0.6 is 0 Å². The number of pyridine rings is 1. The molecule has 0 aliphatic heterocycles. The van der Waals surface area contributed by atoms with E-state index in [0.717, 1.165) is 16.7 Å². The van der Waals surface area contributed by atoms with Gasteiger partial charge in [-0.1, -0.05) is 18.2 Å². The lowest BCUT2D eigenvalue weighted by atomic mass is 10.2. The second-order valence-electron chi connectivity index (χ2n) is 5.68. The van der Waals surface area contributed by atoms with Crippen molar-refractivity contribution in [1.29, 1.82) is 0 Å². The average molecular weight is 309 g/mol. The van der Waals surface area contributed by atoms with Crippen molar-refractivity contribution >= 4 is 22.7 Å². The summed E-state index contributed by atoms with van der Waals surface area (Å²) in [6.07, 6.45) is 1.58. The minimum atomic E-state index is -0.0608. The van der Waals surface area contributed by atoms with Crippen molar-refractivity contribution in [2.75, 3.05) is 19.4 Å². The van der Waals surface area contributed by atoms with Gasteiger partial charge in [-0.2, -0.15) is 0 Å². The highest BCUT2D eigenvalue weighted by Crippen LogP contribution is 2.25. The standard InChI is InChI=1S/C18H19N3O2/c1-12(16-10-13-6-4-5-7-15(13)23-16)20-17-9-8-14(11-19-17)18(22)21(2)3/h4-12H,1-3H3,(H,19,20)/t12-/m1/s1. The number of fused-ring (bicyclic) bond motifs is 1. The summed E-state index contributed by atoms with van der Waals surface area (Å²) in [5.41, 5.74) is 1.44. The van der Waals surface area contributed by atoms with Gasteiger partial charge in [-0.15, -0.1) is 0 Å². The Morgan fingerprint density at radius 2 is 2.00 bits per heavy atom. The van der Waals surface area contributed by atoms with E-state index in [9.17, 15) is 4.79 Å². The number of anilines is 1. The third-order valence-electron chi connectivity index (χ3n) is 3.65. The summed E-state index contributed by atoms with van der Waals surface area (Å²) in [4.78, 5) is 17.7. The van der Waals surface area contributed by atoms with Crippen molar-refractivity contribution in [3.05, 3.63) is 60.0 Å². The normalized spacial score (nSPS) is 12.1. The number of amides is 1. The van der Waals surface area contributed by atoms with Crippen molar-refractivity contribution in [2.24, 2.45) is 0 Å². The second kappa shape index (κ2) is 6.12. The monoisotopic (exact) mass is 309 g/mol. The molecular formula is C18H19N3O2. The summed E-state index contributed by atoms with van der Waals surface area (Å²) in [7, 11) is 3.44. The molecule has 0 aliphatic carbocycles. The Morgan fingerprint density at radius 3 is 2.65 bits per heavy atom. The summed E-state index contributed by atoms with van der Waals surface area (Å²) in [5, 5.41) is 4.36. The van der Waals surface area contributed by atoms with Gasteiger partial charge in [-0.3, -0.25) is 4.79 Å². The SMILES string of the molecule is C[C@@H](Nc1ccc(C(=O)N(C)C)cn1)c1cc2ccccc2o1. The van der Waals surface area contributed by atoms with Crippen LogP contribution in [-0.4, -0.2) is 29.9 Å². The molecule has 1 amide bonds. The molecule has 2 aromatic heterocycles. The van der Waals surface area contributed by atoms with Crippen LogP contribution in [0.3, 0.4) is 0 Å². The Balaban J connectivity index is 1.74. The Morgan fingerprint density at radius 1 is 1.22 bits per heavy atom. The highest BCUT2D eigenvalue weighted by atomic mass is 16.3. The van der Waals surface area contributed by atoms with E-state index in [1.165, 1.54) is 4.90 Å². The fraction of sp³-hybridized carbons (Fsp3) is 0.222. The first-order valence-corrected chi connectivity index (χ1v) is 7.47. The maximum absolute atomic E-state index is 11.8. The van der Waals surface area contributed by atoms with Crippen molar-refractivity contribution in [2.45, 2.75) is 13.0 Å². The largest absolute Gasteiger partial charge is 0.459 e. The lowest BCUT2D eigenvalue weighted by Crippen LogP contribution is -2.21. The van der Waals surface area contributed by atoms with Crippen molar-refractivity contribution in [3.8, 4) is 0 Å². The van der Waals surface area contributed by atoms with Crippen LogP contribution in [0.15, 0.2) is 53.1 Å². The number of nitrogens with one attached hydrogen (secondary N) is 1. The first kappa shape index (κ1) is 15.1. The molecule has 0 spiro atoms. The smallest absolute Gasteiger partial charge is 0.254 e. The van der Waals surface area contributed by atoms with E-state index in [1.807, 2.05) is 37.3 Å². The molecule has 1 aromatic carbocycles. The molecule has 2 heterocycles. The third kappa shape index (κ3) is 3.18. The molecule has 0 bridgehead atoms. The van der Waals surface area contributed by atoms with Gasteiger partial charge in [-0.25, -0.2) is 4.98 Å². The number of furan rings is 1. The van der Waals surface area contributed by atoms with Gasteiger partial charge in [-0.05, 0) is 31.2 Å². The number of nitrogens with zero attached hydrogens (tertiary/aromatic N) is 2. The molecule has 0 saturated carbocycles. The molecule has 0 aliphatic rings. The predicted octanol–water partition coefficient (Wildman–Crippen LogP) is 3.70. The van der Waals surface area contributed by atoms with Crippen LogP contribution in [-0.2, 0) is 0 Å². The number of carbonyl (C=O) groups is 1. The van der Waals surface area contributed by atoms with Gasteiger partial charge >= 0.3 is 0 Å². The summed E-state index contributed by atoms with van der Waals surface area (Å²) >= 11 is 0. The molecule has 0 unspecified atom stereocenters. The molecule has 23 heavy (non-hydrogen) atoms. The molecule has 0 saturated heterocycles. The van der Waals surface area contributed by atoms with E-state index in [2.05, 4.69) is 10.3 Å². The minimum absolute atomic E-state index is 0.0229. The van der Waals surface area contributed by atoms with Gasteiger partial charge in [0.2, 0.25) is 0 Å². The number of hydrogen-bond donors (Lipinski definition) is 1. The van der Waals surface area contributed by atoms with E-state index >= 15 is 0 Å². The maximum Gasteiger partial charge on any atom is 0.254 e.